The minimum atomic E-state index is -0.110. The van der Waals surface area contributed by atoms with Gasteiger partial charge in [-0.15, -0.1) is 12.4 Å². The van der Waals surface area contributed by atoms with Crippen LogP contribution in [0.3, 0.4) is 0 Å². The zero-order chi connectivity index (χ0) is 11.3. The van der Waals surface area contributed by atoms with Crippen molar-refractivity contribution in [2.45, 2.75) is 20.3 Å². The van der Waals surface area contributed by atoms with E-state index in [2.05, 4.69) is 15.8 Å². The molecule has 0 aromatic carbocycles. The standard InChI is InChI=1S/C10H17N3O2.ClH/c1-4-8-9(7(2)13-15-8)10(14)12-6-5-11-3;/h11H,4-6H2,1-3H3,(H,12,14);1H. The Morgan fingerprint density at radius 1 is 1.44 bits per heavy atom. The molecule has 92 valence electrons. The molecule has 1 aromatic heterocycles. The van der Waals surface area contributed by atoms with E-state index in [0.29, 0.717) is 30.0 Å². The summed E-state index contributed by atoms with van der Waals surface area (Å²) >= 11 is 0. The lowest BCUT2D eigenvalue weighted by Crippen LogP contribution is -2.31. The second-order valence-electron chi connectivity index (χ2n) is 3.28. The molecule has 0 fully saturated rings. The Kier molecular flexibility index (Phi) is 6.76. The van der Waals surface area contributed by atoms with Gasteiger partial charge in [0, 0.05) is 19.5 Å². The van der Waals surface area contributed by atoms with Gasteiger partial charge in [0.2, 0.25) is 0 Å². The van der Waals surface area contributed by atoms with E-state index in [1.54, 1.807) is 6.92 Å². The van der Waals surface area contributed by atoms with Gasteiger partial charge in [-0.1, -0.05) is 12.1 Å². The van der Waals surface area contributed by atoms with Crippen LogP contribution in [-0.2, 0) is 6.42 Å². The van der Waals surface area contributed by atoms with E-state index in [4.69, 9.17) is 4.52 Å². The van der Waals surface area contributed by atoms with Crippen molar-refractivity contribution >= 4 is 18.3 Å². The van der Waals surface area contributed by atoms with Crippen LogP contribution in [0, 0.1) is 6.92 Å². The Morgan fingerprint density at radius 3 is 2.69 bits per heavy atom. The number of hydrogen-bond donors (Lipinski definition) is 2. The van der Waals surface area contributed by atoms with Crippen molar-refractivity contribution in [3.63, 3.8) is 0 Å². The van der Waals surface area contributed by atoms with Gasteiger partial charge in [0.25, 0.3) is 5.91 Å². The molecule has 0 radical (unpaired) electrons. The van der Waals surface area contributed by atoms with Crippen molar-refractivity contribution in [1.82, 2.24) is 15.8 Å². The SMILES string of the molecule is CCc1onc(C)c1C(=O)NCCNC.Cl. The number of aryl methyl sites for hydroxylation is 2. The molecule has 1 rings (SSSR count). The first-order valence-corrected chi connectivity index (χ1v) is 5.08. The van der Waals surface area contributed by atoms with E-state index in [1.807, 2.05) is 14.0 Å². The summed E-state index contributed by atoms with van der Waals surface area (Å²) in [4.78, 5) is 11.7. The number of likely N-dealkylation sites (N-methyl/N-ethyl adjacent to an activating group) is 1. The maximum absolute atomic E-state index is 11.7. The fraction of sp³-hybridized carbons (Fsp3) is 0.600. The number of aromatic nitrogens is 1. The zero-order valence-electron chi connectivity index (χ0n) is 9.79. The average Bonchev–Trinajstić information content (AvgIpc) is 2.59. The molecule has 1 amide bonds. The summed E-state index contributed by atoms with van der Waals surface area (Å²) < 4.78 is 5.05. The van der Waals surface area contributed by atoms with Crippen LogP contribution in [0.2, 0.25) is 0 Å². The molecular weight excluding hydrogens is 230 g/mol. The third-order valence-corrected chi connectivity index (χ3v) is 2.14. The van der Waals surface area contributed by atoms with Crippen LogP contribution in [-0.4, -0.2) is 31.2 Å². The molecule has 0 spiro atoms. The molecule has 0 saturated heterocycles. The van der Waals surface area contributed by atoms with E-state index in [0.717, 1.165) is 6.54 Å². The number of carbonyl (C=O) groups excluding carboxylic acids is 1. The summed E-state index contributed by atoms with van der Waals surface area (Å²) in [6, 6.07) is 0. The number of amides is 1. The number of nitrogens with zero attached hydrogens (tertiary/aromatic N) is 1. The molecule has 0 unspecified atom stereocenters. The van der Waals surface area contributed by atoms with Crippen molar-refractivity contribution < 1.29 is 9.32 Å². The van der Waals surface area contributed by atoms with Gasteiger partial charge in [0.15, 0.2) is 0 Å². The van der Waals surface area contributed by atoms with E-state index in [-0.39, 0.29) is 18.3 Å². The topological polar surface area (TPSA) is 67.2 Å². The number of hydrogen-bond acceptors (Lipinski definition) is 4. The lowest BCUT2D eigenvalue weighted by Gasteiger charge is -2.03. The predicted molar refractivity (Wildman–Crippen MR) is 64.1 cm³/mol. The van der Waals surface area contributed by atoms with E-state index in [9.17, 15) is 4.79 Å². The van der Waals surface area contributed by atoms with Crippen molar-refractivity contribution in [3.8, 4) is 0 Å². The molecular formula is C10H18ClN3O2. The highest BCUT2D eigenvalue weighted by Gasteiger charge is 2.18. The largest absolute Gasteiger partial charge is 0.360 e. The molecule has 1 aromatic rings. The van der Waals surface area contributed by atoms with E-state index < -0.39 is 0 Å². The maximum Gasteiger partial charge on any atom is 0.256 e. The Morgan fingerprint density at radius 2 is 2.12 bits per heavy atom. The van der Waals surface area contributed by atoms with Crippen LogP contribution in [0.4, 0.5) is 0 Å². The third-order valence-electron chi connectivity index (χ3n) is 2.14. The van der Waals surface area contributed by atoms with Gasteiger partial charge in [0.05, 0.1) is 5.69 Å². The Labute approximate surface area is 101 Å². The van der Waals surface area contributed by atoms with Gasteiger partial charge in [0.1, 0.15) is 11.3 Å². The Hall–Kier alpha value is -1.07. The first-order chi connectivity index (χ1) is 7.20. The lowest BCUT2D eigenvalue weighted by atomic mass is 10.1. The van der Waals surface area contributed by atoms with Gasteiger partial charge in [-0.2, -0.15) is 0 Å². The molecule has 0 atom stereocenters. The Bertz CT molecular complexity index is 339. The highest BCUT2D eigenvalue weighted by Crippen LogP contribution is 2.13. The lowest BCUT2D eigenvalue weighted by molar-refractivity contribution is 0.0951. The number of rotatable bonds is 5. The fourth-order valence-corrected chi connectivity index (χ4v) is 1.34. The van der Waals surface area contributed by atoms with Gasteiger partial charge < -0.3 is 15.2 Å². The summed E-state index contributed by atoms with van der Waals surface area (Å²) in [5, 5.41) is 9.54. The van der Waals surface area contributed by atoms with Crippen molar-refractivity contribution in [2.75, 3.05) is 20.1 Å². The summed E-state index contributed by atoms with van der Waals surface area (Å²) in [5.74, 6) is 0.537. The summed E-state index contributed by atoms with van der Waals surface area (Å²) in [7, 11) is 1.84. The molecule has 0 aliphatic carbocycles. The summed E-state index contributed by atoms with van der Waals surface area (Å²) in [6.07, 6.45) is 0.676. The second-order valence-corrected chi connectivity index (χ2v) is 3.28. The number of nitrogens with one attached hydrogen (secondary N) is 2. The molecule has 1 heterocycles. The van der Waals surface area contributed by atoms with Gasteiger partial charge in [-0.25, -0.2) is 0 Å². The molecule has 0 saturated carbocycles. The third kappa shape index (κ3) is 3.50. The summed E-state index contributed by atoms with van der Waals surface area (Å²) in [6.45, 7) is 5.06. The predicted octanol–water partition coefficient (Wildman–Crippen LogP) is 0.916. The van der Waals surface area contributed by atoms with Crippen LogP contribution in [0.15, 0.2) is 4.52 Å². The highest BCUT2D eigenvalue weighted by atomic mass is 35.5. The maximum atomic E-state index is 11.7. The van der Waals surface area contributed by atoms with E-state index >= 15 is 0 Å². The zero-order valence-corrected chi connectivity index (χ0v) is 10.6. The molecule has 2 N–H and O–H groups in total. The van der Waals surface area contributed by atoms with Crippen molar-refractivity contribution in [3.05, 3.63) is 17.0 Å². The number of halogens is 1. The molecule has 5 nitrogen and oxygen atoms in total. The van der Waals surface area contributed by atoms with Crippen molar-refractivity contribution in [1.29, 1.82) is 0 Å². The van der Waals surface area contributed by atoms with Crippen LogP contribution >= 0.6 is 12.4 Å². The fourth-order valence-electron chi connectivity index (χ4n) is 1.34. The minimum Gasteiger partial charge on any atom is -0.360 e. The van der Waals surface area contributed by atoms with Crippen molar-refractivity contribution in [2.24, 2.45) is 0 Å². The molecule has 0 aliphatic heterocycles. The first kappa shape index (κ1) is 14.9. The molecule has 0 aliphatic rings. The number of carbonyl (C=O) groups is 1. The van der Waals surface area contributed by atoms with Crippen LogP contribution < -0.4 is 10.6 Å². The van der Waals surface area contributed by atoms with Gasteiger partial charge in [-0.3, -0.25) is 4.79 Å². The molecule has 6 heteroatoms. The van der Waals surface area contributed by atoms with Crippen LogP contribution in [0.1, 0.15) is 28.7 Å². The second kappa shape index (κ2) is 7.24. The molecule has 0 bridgehead atoms. The molecule has 16 heavy (non-hydrogen) atoms. The van der Waals surface area contributed by atoms with Crippen LogP contribution in [0.5, 0.6) is 0 Å². The minimum absolute atomic E-state index is 0. The normalized spacial score (nSPS) is 9.69. The highest BCUT2D eigenvalue weighted by molar-refractivity contribution is 5.96. The quantitative estimate of drug-likeness (QED) is 0.760. The van der Waals surface area contributed by atoms with Gasteiger partial charge >= 0.3 is 0 Å². The smallest absolute Gasteiger partial charge is 0.256 e. The Balaban J connectivity index is 0.00000225. The first-order valence-electron chi connectivity index (χ1n) is 5.08. The van der Waals surface area contributed by atoms with E-state index in [1.165, 1.54) is 0 Å². The van der Waals surface area contributed by atoms with Gasteiger partial charge in [-0.05, 0) is 14.0 Å². The monoisotopic (exact) mass is 247 g/mol. The van der Waals surface area contributed by atoms with Crippen LogP contribution in [0.25, 0.3) is 0 Å². The average molecular weight is 248 g/mol. The summed E-state index contributed by atoms with van der Waals surface area (Å²) in [5.41, 5.74) is 1.22.